The molecule has 0 aliphatic heterocycles. The van der Waals surface area contributed by atoms with E-state index in [1.807, 2.05) is 24.3 Å². The van der Waals surface area contributed by atoms with Crippen molar-refractivity contribution in [3.05, 3.63) is 35.4 Å². The Morgan fingerprint density at radius 3 is 2.13 bits per heavy atom. The standard InChI is InChI=1S/C12H15ClO2/c1-12(2,11(14)15)7-9-3-5-10(8-13)6-4-9/h3-6H,7-8H2,1-2H3,(H,14,15). The van der Waals surface area contributed by atoms with Gasteiger partial charge >= 0.3 is 5.97 Å². The number of halogens is 1. The maximum Gasteiger partial charge on any atom is 0.309 e. The molecule has 0 heterocycles. The SMILES string of the molecule is CC(C)(Cc1ccc(CCl)cc1)C(=O)O. The van der Waals surface area contributed by atoms with Gasteiger partial charge in [0.1, 0.15) is 0 Å². The normalized spacial score (nSPS) is 11.4. The fourth-order valence-electron chi connectivity index (χ4n) is 1.33. The summed E-state index contributed by atoms with van der Waals surface area (Å²) >= 11 is 5.67. The van der Waals surface area contributed by atoms with Crippen LogP contribution >= 0.6 is 11.6 Å². The Morgan fingerprint density at radius 1 is 1.27 bits per heavy atom. The van der Waals surface area contributed by atoms with Crippen molar-refractivity contribution in [3.8, 4) is 0 Å². The van der Waals surface area contributed by atoms with Crippen LogP contribution in [0, 0.1) is 5.41 Å². The fraction of sp³-hybridized carbons (Fsp3) is 0.417. The van der Waals surface area contributed by atoms with Gasteiger partial charge in [-0.25, -0.2) is 0 Å². The molecule has 0 unspecified atom stereocenters. The first kappa shape index (κ1) is 12.1. The van der Waals surface area contributed by atoms with Gasteiger partial charge in [0, 0.05) is 5.88 Å². The molecule has 1 aromatic carbocycles. The highest BCUT2D eigenvalue weighted by Crippen LogP contribution is 2.22. The van der Waals surface area contributed by atoms with Crippen LogP contribution < -0.4 is 0 Å². The summed E-state index contributed by atoms with van der Waals surface area (Å²) in [5.74, 6) is -0.285. The van der Waals surface area contributed by atoms with Crippen LogP contribution in [-0.4, -0.2) is 11.1 Å². The molecule has 15 heavy (non-hydrogen) atoms. The zero-order chi connectivity index (χ0) is 11.5. The summed E-state index contributed by atoms with van der Waals surface area (Å²) < 4.78 is 0. The van der Waals surface area contributed by atoms with Crippen molar-refractivity contribution >= 4 is 17.6 Å². The van der Waals surface area contributed by atoms with Crippen LogP contribution in [0.15, 0.2) is 24.3 Å². The first-order chi connectivity index (χ1) is 6.95. The minimum absolute atomic E-state index is 0.489. The lowest BCUT2D eigenvalue weighted by atomic mass is 9.86. The number of rotatable bonds is 4. The molecule has 0 radical (unpaired) electrons. The van der Waals surface area contributed by atoms with E-state index < -0.39 is 11.4 Å². The molecule has 1 aromatic rings. The highest BCUT2D eigenvalue weighted by molar-refractivity contribution is 6.17. The van der Waals surface area contributed by atoms with Gasteiger partial charge in [0.05, 0.1) is 5.41 Å². The molecule has 0 saturated heterocycles. The molecule has 3 heteroatoms. The Kier molecular flexibility index (Phi) is 3.75. The third kappa shape index (κ3) is 3.24. The van der Waals surface area contributed by atoms with Crippen molar-refractivity contribution in [1.82, 2.24) is 0 Å². The van der Waals surface area contributed by atoms with Gasteiger partial charge in [-0.05, 0) is 31.4 Å². The van der Waals surface area contributed by atoms with Gasteiger partial charge in [0.15, 0.2) is 0 Å². The number of alkyl halides is 1. The molecular weight excluding hydrogens is 212 g/mol. The number of aliphatic carboxylic acids is 1. The van der Waals surface area contributed by atoms with Crippen molar-refractivity contribution in [3.63, 3.8) is 0 Å². The Bertz CT molecular complexity index is 341. The smallest absolute Gasteiger partial charge is 0.309 e. The van der Waals surface area contributed by atoms with Crippen molar-refractivity contribution < 1.29 is 9.90 Å². The highest BCUT2D eigenvalue weighted by Gasteiger charge is 2.27. The molecule has 0 aliphatic rings. The molecule has 0 atom stereocenters. The molecule has 0 fully saturated rings. The van der Waals surface area contributed by atoms with Gasteiger partial charge in [-0.15, -0.1) is 11.6 Å². The summed E-state index contributed by atoms with van der Waals surface area (Å²) in [6.07, 6.45) is 0.533. The predicted molar refractivity (Wildman–Crippen MR) is 61.1 cm³/mol. The molecule has 82 valence electrons. The van der Waals surface area contributed by atoms with E-state index in [1.165, 1.54) is 0 Å². The second-order valence-electron chi connectivity index (χ2n) is 4.32. The molecule has 2 nitrogen and oxygen atoms in total. The molecule has 0 saturated carbocycles. The Balaban J connectivity index is 2.77. The van der Waals surface area contributed by atoms with Crippen LogP contribution in [0.5, 0.6) is 0 Å². The van der Waals surface area contributed by atoms with E-state index in [-0.39, 0.29) is 0 Å². The zero-order valence-corrected chi connectivity index (χ0v) is 9.71. The highest BCUT2D eigenvalue weighted by atomic mass is 35.5. The van der Waals surface area contributed by atoms with Crippen LogP contribution in [0.1, 0.15) is 25.0 Å². The Labute approximate surface area is 94.9 Å². The molecule has 0 aromatic heterocycles. The van der Waals surface area contributed by atoms with E-state index in [0.29, 0.717) is 12.3 Å². The fourth-order valence-corrected chi connectivity index (χ4v) is 1.51. The van der Waals surface area contributed by atoms with Crippen LogP contribution in [0.2, 0.25) is 0 Å². The van der Waals surface area contributed by atoms with Gasteiger partial charge in [0.2, 0.25) is 0 Å². The van der Waals surface area contributed by atoms with Crippen molar-refractivity contribution in [1.29, 1.82) is 0 Å². The summed E-state index contributed by atoms with van der Waals surface area (Å²) in [5.41, 5.74) is 1.35. The lowest BCUT2D eigenvalue weighted by molar-refractivity contribution is -0.146. The second kappa shape index (κ2) is 4.67. The van der Waals surface area contributed by atoms with Gasteiger partial charge in [0.25, 0.3) is 0 Å². The molecule has 0 spiro atoms. The first-order valence-electron chi connectivity index (χ1n) is 4.83. The number of carboxylic acid groups (broad SMARTS) is 1. The van der Waals surface area contributed by atoms with E-state index in [1.54, 1.807) is 13.8 Å². The molecule has 1 rings (SSSR count). The minimum Gasteiger partial charge on any atom is -0.481 e. The average molecular weight is 227 g/mol. The van der Waals surface area contributed by atoms with Crippen molar-refractivity contribution in [2.24, 2.45) is 5.41 Å². The van der Waals surface area contributed by atoms with E-state index in [9.17, 15) is 4.79 Å². The van der Waals surface area contributed by atoms with Crippen LogP contribution in [0.3, 0.4) is 0 Å². The monoisotopic (exact) mass is 226 g/mol. The predicted octanol–water partition coefficient (Wildman–Crippen LogP) is 3.08. The lowest BCUT2D eigenvalue weighted by Gasteiger charge is -2.18. The summed E-state index contributed by atoms with van der Waals surface area (Å²) in [7, 11) is 0. The zero-order valence-electron chi connectivity index (χ0n) is 8.96. The number of benzene rings is 1. The number of hydrogen-bond donors (Lipinski definition) is 1. The Morgan fingerprint density at radius 2 is 1.73 bits per heavy atom. The third-order valence-corrected chi connectivity index (χ3v) is 2.71. The van der Waals surface area contributed by atoms with E-state index >= 15 is 0 Å². The molecule has 0 amide bonds. The van der Waals surface area contributed by atoms with Gasteiger partial charge < -0.3 is 5.11 Å². The van der Waals surface area contributed by atoms with Gasteiger partial charge in [-0.3, -0.25) is 4.79 Å². The maximum absolute atomic E-state index is 10.9. The van der Waals surface area contributed by atoms with Crippen molar-refractivity contribution in [2.75, 3.05) is 0 Å². The number of carbonyl (C=O) groups is 1. The third-order valence-electron chi connectivity index (χ3n) is 2.40. The molecule has 0 aliphatic carbocycles. The van der Waals surface area contributed by atoms with Crippen LogP contribution in [-0.2, 0) is 17.1 Å². The summed E-state index contributed by atoms with van der Waals surface area (Å²) in [5, 5.41) is 8.98. The topological polar surface area (TPSA) is 37.3 Å². The van der Waals surface area contributed by atoms with E-state index in [2.05, 4.69) is 0 Å². The Hall–Kier alpha value is -1.02. The molecular formula is C12H15ClO2. The van der Waals surface area contributed by atoms with Crippen LogP contribution in [0.25, 0.3) is 0 Å². The van der Waals surface area contributed by atoms with Gasteiger partial charge in [-0.2, -0.15) is 0 Å². The molecule has 1 N–H and O–H groups in total. The van der Waals surface area contributed by atoms with Crippen LogP contribution in [0.4, 0.5) is 0 Å². The summed E-state index contributed by atoms with van der Waals surface area (Å²) in [6.45, 7) is 3.45. The van der Waals surface area contributed by atoms with Crippen molar-refractivity contribution in [2.45, 2.75) is 26.1 Å². The van der Waals surface area contributed by atoms with E-state index in [0.717, 1.165) is 11.1 Å². The maximum atomic E-state index is 10.9. The second-order valence-corrected chi connectivity index (χ2v) is 4.58. The first-order valence-corrected chi connectivity index (χ1v) is 5.36. The minimum atomic E-state index is -0.774. The quantitative estimate of drug-likeness (QED) is 0.802. The van der Waals surface area contributed by atoms with E-state index in [4.69, 9.17) is 16.7 Å². The number of carboxylic acids is 1. The largest absolute Gasteiger partial charge is 0.481 e. The average Bonchev–Trinajstić information content (AvgIpc) is 2.18. The molecule has 0 bridgehead atoms. The van der Waals surface area contributed by atoms with Gasteiger partial charge in [-0.1, -0.05) is 24.3 Å². The number of hydrogen-bond acceptors (Lipinski definition) is 1. The summed E-state index contributed by atoms with van der Waals surface area (Å²) in [4.78, 5) is 10.9. The lowest BCUT2D eigenvalue weighted by Crippen LogP contribution is -2.26. The summed E-state index contributed by atoms with van der Waals surface area (Å²) in [6, 6.07) is 7.73.